The molecule has 1 saturated heterocycles. The first-order valence-corrected chi connectivity index (χ1v) is 12.1. The van der Waals surface area contributed by atoms with Crippen molar-refractivity contribution in [2.24, 2.45) is 0 Å². The van der Waals surface area contributed by atoms with Crippen molar-refractivity contribution < 1.29 is 28.9 Å². The number of aliphatic hydroxyl groups excluding tert-OH is 1. The Bertz CT molecular complexity index is 1070. The topological polar surface area (TPSA) is 85.3 Å². The highest BCUT2D eigenvalue weighted by Crippen LogP contribution is 2.40. The van der Waals surface area contributed by atoms with E-state index in [9.17, 15) is 14.7 Å². The van der Waals surface area contributed by atoms with Crippen LogP contribution in [0.3, 0.4) is 0 Å². The molecule has 1 aliphatic heterocycles. The van der Waals surface area contributed by atoms with Gasteiger partial charge in [-0.1, -0.05) is 25.5 Å². The molecule has 0 aromatic heterocycles. The molecule has 0 aliphatic carbocycles. The number of hydrogen-bond donors (Lipinski definition) is 1. The molecular formula is C28H35NO6. The third kappa shape index (κ3) is 6.03. The number of ketones is 1. The molecule has 0 spiro atoms. The van der Waals surface area contributed by atoms with Crippen molar-refractivity contribution in [2.75, 3.05) is 26.9 Å². The number of aliphatic hydroxyl groups is 1. The van der Waals surface area contributed by atoms with E-state index in [1.54, 1.807) is 18.2 Å². The lowest BCUT2D eigenvalue weighted by atomic mass is 9.94. The van der Waals surface area contributed by atoms with Gasteiger partial charge in [0.25, 0.3) is 11.7 Å². The van der Waals surface area contributed by atoms with E-state index in [0.29, 0.717) is 29.2 Å². The lowest BCUT2D eigenvalue weighted by molar-refractivity contribution is -0.140. The number of ether oxygens (including phenoxy) is 3. The Labute approximate surface area is 207 Å². The minimum Gasteiger partial charge on any atom is -0.507 e. The van der Waals surface area contributed by atoms with Gasteiger partial charge in [0.2, 0.25) is 0 Å². The molecule has 1 N–H and O–H groups in total. The van der Waals surface area contributed by atoms with Gasteiger partial charge in [0.05, 0.1) is 30.9 Å². The molecule has 1 fully saturated rings. The van der Waals surface area contributed by atoms with Crippen molar-refractivity contribution in [2.45, 2.75) is 52.7 Å². The van der Waals surface area contributed by atoms with Gasteiger partial charge in [-0.3, -0.25) is 9.59 Å². The molecule has 35 heavy (non-hydrogen) atoms. The van der Waals surface area contributed by atoms with Crippen LogP contribution in [0.1, 0.15) is 56.3 Å². The summed E-state index contributed by atoms with van der Waals surface area (Å²) >= 11 is 0. The highest BCUT2D eigenvalue weighted by Gasteiger charge is 2.45. The molecule has 0 bridgehead atoms. The summed E-state index contributed by atoms with van der Waals surface area (Å²) < 4.78 is 16.7. The molecule has 0 radical (unpaired) electrons. The Hall–Kier alpha value is -3.32. The van der Waals surface area contributed by atoms with Crippen LogP contribution >= 0.6 is 0 Å². The molecule has 1 heterocycles. The fourth-order valence-electron chi connectivity index (χ4n) is 4.07. The Morgan fingerprint density at radius 3 is 2.40 bits per heavy atom. The number of nitrogens with zero attached hydrogens (tertiary/aromatic N) is 1. The molecule has 1 atom stereocenters. The molecule has 3 rings (SSSR count). The number of Topliss-reactive ketones (excluding diaryl/α,β-unsaturated/α-hetero) is 1. The maximum atomic E-state index is 13.1. The van der Waals surface area contributed by atoms with Crippen molar-refractivity contribution in [3.05, 3.63) is 64.7 Å². The fourth-order valence-corrected chi connectivity index (χ4v) is 4.07. The molecule has 2 aromatic carbocycles. The summed E-state index contributed by atoms with van der Waals surface area (Å²) in [6, 6.07) is 11.8. The van der Waals surface area contributed by atoms with Crippen LogP contribution in [0.5, 0.6) is 11.5 Å². The average Bonchev–Trinajstić information content (AvgIpc) is 3.08. The van der Waals surface area contributed by atoms with Crippen LogP contribution in [0, 0.1) is 6.92 Å². The first-order valence-electron chi connectivity index (χ1n) is 12.1. The molecule has 7 heteroatoms. The van der Waals surface area contributed by atoms with Crippen LogP contribution in [0.25, 0.3) is 5.76 Å². The van der Waals surface area contributed by atoms with Crippen LogP contribution < -0.4 is 9.47 Å². The van der Waals surface area contributed by atoms with Crippen molar-refractivity contribution in [1.29, 1.82) is 0 Å². The molecule has 1 unspecified atom stereocenters. The van der Waals surface area contributed by atoms with Crippen molar-refractivity contribution in [3.8, 4) is 11.5 Å². The van der Waals surface area contributed by atoms with Crippen LogP contribution in [-0.4, -0.2) is 54.7 Å². The smallest absolute Gasteiger partial charge is 0.295 e. The van der Waals surface area contributed by atoms with Gasteiger partial charge in [-0.15, -0.1) is 0 Å². The number of benzene rings is 2. The van der Waals surface area contributed by atoms with E-state index in [4.69, 9.17) is 14.2 Å². The van der Waals surface area contributed by atoms with Crippen LogP contribution in [0.2, 0.25) is 0 Å². The van der Waals surface area contributed by atoms with Crippen LogP contribution in [0.4, 0.5) is 0 Å². The Balaban J connectivity index is 2.03. The minimum absolute atomic E-state index is 0.00757. The SMILES string of the molecule is CCCCOc1ccc(C2/C(=C(/O)c3ccc(OC(C)C)c(C)c3)C(=O)C(=O)N2CCOC)cc1. The molecule has 188 valence electrons. The van der Waals surface area contributed by atoms with E-state index in [0.717, 1.165) is 18.4 Å². The Kier molecular flexibility index (Phi) is 8.93. The van der Waals surface area contributed by atoms with E-state index < -0.39 is 17.7 Å². The normalized spacial score (nSPS) is 17.3. The number of carbonyl (C=O) groups excluding carboxylic acids is 2. The first-order chi connectivity index (χ1) is 16.8. The predicted molar refractivity (Wildman–Crippen MR) is 135 cm³/mol. The summed E-state index contributed by atoms with van der Waals surface area (Å²) in [5.74, 6) is -0.171. The zero-order chi connectivity index (χ0) is 25.5. The van der Waals surface area contributed by atoms with Gasteiger partial charge in [0.1, 0.15) is 17.3 Å². The summed E-state index contributed by atoms with van der Waals surface area (Å²) in [5, 5.41) is 11.3. The maximum absolute atomic E-state index is 13.1. The molecule has 0 saturated carbocycles. The van der Waals surface area contributed by atoms with E-state index in [2.05, 4.69) is 6.92 Å². The Morgan fingerprint density at radius 1 is 1.09 bits per heavy atom. The molecule has 1 aliphatic rings. The number of aryl methyl sites for hydroxylation is 1. The van der Waals surface area contributed by atoms with Gasteiger partial charge in [0.15, 0.2) is 0 Å². The van der Waals surface area contributed by atoms with Gasteiger partial charge >= 0.3 is 0 Å². The van der Waals surface area contributed by atoms with Crippen molar-refractivity contribution >= 4 is 17.4 Å². The lowest BCUT2D eigenvalue weighted by Gasteiger charge is -2.25. The molecule has 1 amide bonds. The second-order valence-corrected chi connectivity index (χ2v) is 8.90. The quantitative estimate of drug-likeness (QED) is 0.210. The summed E-state index contributed by atoms with van der Waals surface area (Å²) in [7, 11) is 1.54. The second kappa shape index (κ2) is 11.9. The summed E-state index contributed by atoms with van der Waals surface area (Å²) in [4.78, 5) is 27.5. The molecule has 7 nitrogen and oxygen atoms in total. The maximum Gasteiger partial charge on any atom is 0.295 e. The van der Waals surface area contributed by atoms with Crippen molar-refractivity contribution in [3.63, 3.8) is 0 Å². The van der Waals surface area contributed by atoms with Crippen LogP contribution in [-0.2, 0) is 14.3 Å². The van der Waals surface area contributed by atoms with E-state index in [1.165, 1.54) is 12.0 Å². The number of unbranched alkanes of at least 4 members (excludes halogenated alkanes) is 1. The average molecular weight is 482 g/mol. The first kappa shape index (κ1) is 26.3. The van der Waals surface area contributed by atoms with Gasteiger partial charge in [0, 0.05) is 19.2 Å². The number of methoxy groups -OCH3 is 1. The number of rotatable bonds is 11. The number of carbonyl (C=O) groups is 2. The summed E-state index contributed by atoms with van der Waals surface area (Å²) in [6.45, 7) is 8.96. The third-order valence-corrected chi connectivity index (χ3v) is 5.85. The van der Waals surface area contributed by atoms with E-state index in [1.807, 2.05) is 45.0 Å². The van der Waals surface area contributed by atoms with Gasteiger partial charge in [-0.2, -0.15) is 0 Å². The number of hydrogen-bond acceptors (Lipinski definition) is 6. The highest BCUT2D eigenvalue weighted by atomic mass is 16.5. The monoisotopic (exact) mass is 481 g/mol. The number of likely N-dealkylation sites (tertiary alicyclic amines) is 1. The number of amides is 1. The van der Waals surface area contributed by atoms with Crippen LogP contribution in [0.15, 0.2) is 48.0 Å². The molecular weight excluding hydrogens is 446 g/mol. The van der Waals surface area contributed by atoms with Crippen molar-refractivity contribution in [1.82, 2.24) is 4.90 Å². The third-order valence-electron chi connectivity index (χ3n) is 5.85. The lowest BCUT2D eigenvalue weighted by Crippen LogP contribution is -2.32. The zero-order valence-corrected chi connectivity index (χ0v) is 21.2. The summed E-state index contributed by atoms with van der Waals surface area (Å²) in [6.07, 6.45) is 2.00. The highest BCUT2D eigenvalue weighted by molar-refractivity contribution is 6.46. The van der Waals surface area contributed by atoms with Gasteiger partial charge < -0.3 is 24.2 Å². The largest absolute Gasteiger partial charge is 0.507 e. The zero-order valence-electron chi connectivity index (χ0n) is 21.2. The minimum atomic E-state index is -0.735. The standard InChI is InChI=1S/C28H35NO6/c1-6-7-15-34-22-11-8-20(9-12-22)25-24(27(31)28(32)29(25)14-16-33-5)26(30)21-10-13-23(19(4)17-21)35-18(2)3/h8-13,17-18,25,30H,6-7,14-16H2,1-5H3/b26-24-. The second-order valence-electron chi connectivity index (χ2n) is 8.90. The van der Waals surface area contributed by atoms with E-state index >= 15 is 0 Å². The van der Waals surface area contributed by atoms with Gasteiger partial charge in [-0.05, 0) is 68.7 Å². The van der Waals surface area contributed by atoms with Gasteiger partial charge in [-0.25, -0.2) is 0 Å². The van der Waals surface area contributed by atoms with E-state index in [-0.39, 0.29) is 30.6 Å². The predicted octanol–water partition coefficient (Wildman–Crippen LogP) is 5.03. The summed E-state index contributed by atoms with van der Waals surface area (Å²) in [5.41, 5.74) is 2.04. The Morgan fingerprint density at radius 2 is 1.80 bits per heavy atom. The molecule has 2 aromatic rings. The fraction of sp³-hybridized carbons (Fsp3) is 0.429.